The molecule has 5 heteroatoms. The molecule has 2 aromatic rings. The first kappa shape index (κ1) is 14.6. The summed E-state index contributed by atoms with van der Waals surface area (Å²) >= 11 is 0. The fraction of sp³-hybridized carbons (Fsp3) is 0.444. The van der Waals surface area contributed by atoms with Crippen LogP contribution in [0.15, 0.2) is 49.1 Å². The normalized spacial score (nSPS) is 23.4. The Morgan fingerprint density at radius 1 is 1.17 bits per heavy atom. The molecule has 2 aliphatic rings. The number of nitrogens with zero attached hydrogens (tertiary/aromatic N) is 3. The van der Waals surface area contributed by atoms with Crippen LogP contribution >= 0.6 is 0 Å². The van der Waals surface area contributed by atoms with Crippen LogP contribution in [0.1, 0.15) is 18.4 Å². The van der Waals surface area contributed by atoms with E-state index < -0.39 is 0 Å². The third-order valence-corrected chi connectivity index (χ3v) is 4.56. The molecule has 2 saturated heterocycles. The van der Waals surface area contributed by atoms with E-state index in [1.54, 1.807) is 12.4 Å². The molecule has 23 heavy (non-hydrogen) atoms. The fourth-order valence-electron chi connectivity index (χ4n) is 3.54. The van der Waals surface area contributed by atoms with Crippen molar-refractivity contribution in [1.29, 1.82) is 0 Å². The number of pyridine rings is 2. The van der Waals surface area contributed by atoms with Gasteiger partial charge in [0.1, 0.15) is 11.9 Å². The lowest BCUT2D eigenvalue weighted by atomic mass is 9.84. The summed E-state index contributed by atoms with van der Waals surface area (Å²) in [5, 5.41) is 0. The van der Waals surface area contributed by atoms with Gasteiger partial charge in [0.15, 0.2) is 0 Å². The molecule has 0 radical (unpaired) electrons. The van der Waals surface area contributed by atoms with E-state index in [1.807, 2.05) is 24.5 Å². The summed E-state index contributed by atoms with van der Waals surface area (Å²) in [4.78, 5) is 10.6. The Morgan fingerprint density at radius 2 is 2.04 bits per heavy atom. The van der Waals surface area contributed by atoms with Crippen molar-refractivity contribution in [2.24, 2.45) is 0 Å². The molecule has 4 rings (SSSR count). The standard InChI is InChI=1S/C18H21N3O2/c1-2-17(11-20-6-1)23-16-5-9-22-18(10-16)13-21(14-18)12-15-3-7-19-8-4-15/h1-4,6-8,11,16H,5,9-10,12-14H2. The SMILES string of the molecule is c1cncc(OC2CCOC3(C2)CN(Cc2ccncc2)C3)c1. The summed E-state index contributed by atoms with van der Waals surface area (Å²) in [6.45, 7) is 3.68. The molecule has 1 spiro atoms. The summed E-state index contributed by atoms with van der Waals surface area (Å²) in [5.74, 6) is 0.850. The maximum atomic E-state index is 6.09. The molecule has 0 bridgehead atoms. The molecule has 1 atom stereocenters. The van der Waals surface area contributed by atoms with Gasteiger partial charge in [-0.25, -0.2) is 0 Å². The van der Waals surface area contributed by atoms with Gasteiger partial charge in [0, 0.05) is 51.1 Å². The first-order chi connectivity index (χ1) is 11.3. The first-order valence-corrected chi connectivity index (χ1v) is 8.13. The van der Waals surface area contributed by atoms with Gasteiger partial charge in [0.25, 0.3) is 0 Å². The Labute approximate surface area is 136 Å². The minimum absolute atomic E-state index is 0.0296. The van der Waals surface area contributed by atoms with Crippen LogP contribution in [0, 0.1) is 0 Å². The van der Waals surface area contributed by atoms with E-state index >= 15 is 0 Å². The van der Waals surface area contributed by atoms with Gasteiger partial charge in [-0.05, 0) is 29.8 Å². The van der Waals surface area contributed by atoms with Crippen molar-refractivity contribution in [3.8, 4) is 5.75 Å². The highest BCUT2D eigenvalue weighted by Gasteiger charge is 2.47. The van der Waals surface area contributed by atoms with Crippen molar-refractivity contribution in [3.63, 3.8) is 0 Å². The minimum Gasteiger partial charge on any atom is -0.489 e. The van der Waals surface area contributed by atoms with E-state index in [4.69, 9.17) is 9.47 Å². The molecular weight excluding hydrogens is 290 g/mol. The molecule has 1 unspecified atom stereocenters. The molecule has 0 saturated carbocycles. The van der Waals surface area contributed by atoms with Crippen molar-refractivity contribution in [2.45, 2.75) is 31.1 Å². The molecule has 5 nitrogen and oxygen atoms in total. The summed E-state index contributed by atoms with van der Waals surface area (Å²) < 4.78 is 12.2. The van der Waals surface area contributed by atoms with Crippen LogP contribution in [0.4, 0.5) is 0 Å². The zero-order chi connectivity index (χ0) is 15.5. The van der Waals surface area contributed by atoms with Crippen molar-refractivity contribution in [3.05, 3.63) is 54.6 Å². The van der Waals surface area contributed by atoms with Crippen molar-refractivity contribution in [1.82, 2.24) is 14.9 Å². The van der Waals surface area contributed by atoms with Gasteiger partial charge in [-0.2, -0.15) is 0 Å². The largest absolute Gasteiger partial charge is 0.489 e. The Kier molecular flexibility index (Phi) is 3.97. The second-order valence-electron chi connectivity index (χ2n) is 6.45. The molecular formula is C18H21N3O2. The summed E-state index contributed by atoms with van der Waals surface area (Å²) in [6.07, 6.45) is 9.35. The third kappa shape index (κ3) is 3.35. The van der Waals surface area contributed by atoms with Gasteiger partial charge in [-0.1, -0.05) is 0 Å². The molecule has 0 aliphatic carbocycles. The van der Waals surface area contributed by atoms with Crippen LogP contribution in [0.2, 0.25) is 0 Å². The number of likely N-dealkylation sites (tertiary alicyclic amines) is 1. The lowest BCUT2D eigenvalue weighted by Gasteiger charge is -2.53. The van der Waals surface area contributed by atoms with E-state index in [9.17, 15) is 0 Å². The number of aromatic nitrogens is 2. The highest BCUT2D eigenvalue weighted by atomic mass is 16.5. The van der Waals surface area contributed by atoms with Gasteiger partial charge in [-0.15, -0.1) is 0 Å². The maximum absolute atomic E-state index is 6.09. The molecule has 0 amide bonds. The van der Waals surface area contributed by atoms with E-state index in [1.165, 1.54) is 5.56 Å². The minimum atomic E-state index is -0.0296. The molecule has 2 fully saturated rings. The molecule has 2 aliphatic heterocycles. The second kappa shape index (κ2) is 6.26. The number of hydrogen-bond acceptors (Lipinski definition) is 5. The molecule has 2 aromatic heterocycles. The van der Waals surface area contributed by atoms with Gasteiger partial charge in [0.2, 0.25) is 0 Å². The smallest absolute Gasteiger partial charge is 0.138 e. The van der Waals surface area contributed by atoms with Gasteiger partial charge < -0.3 is 9.47 Å². The van der Waals surface area contributed by atoms with Gasteiger partial charge >= 0.3 is 0 Å². The Hall–Kier alpha value is -1.98. The van der Waals surface area contributed by atoms with Crippen LogP contribution in [-0.4, -0.2) is 46.3 Å². The lowest BCUT2D eigenvalue weighted by Crippen LogP contribution is -2.65. The monoisotopic (exact) mass is 311 g/mol. The zero-order valence-electron chi connectivity index (χ0n) is 13.1. The predicted molar refractivity (Wildman–Crippen MR) is 86.1 cm³/mol. The zero-order valence-corrected chi connectivity index (χ0v) is 13.1. The molecule has 4 heterocycles. The topological polar surface area (TPSA) is 47.5 Å². The number of hydrogen-bond donors (Lipinski definition) is 0. The van der Waals surface area contributed by atoms with E-state index in [0.717, 1.165) is 44.8 Å². The third-order valence-electron chi connectivity index (χ3n) is 4.56. The fourth-order valence-corrected chi connectivity index (χ4v) is 3.54. The highest BCUT2D eigenvalue weighted by molar-refractivity contribution is 5.17. The van der Waals surface area contributed by atoms with Crippen LogP contribution in [0.3, 0.4) is 0 Å². The van der Waals surface area contributed by atoms with Crippen LogP contribution in [-0.2, 0) is 11.3 Å². The highest BCUT2D eigenvalue weighted by Crippen LogP contribution is 2.36. The van der Waals surface area contributed by atoms with Crippen LogP contribution in [0.25, 0.3) is 0 Å². The first-order valence-electron chi connectivity index (χ1n) is 8.13. The van der Waals surface area contributed by atoms with Gasteiger partial charge in [0.05, 0.1) is 18.4 Å². The maximum Gasteiger partial charge on any atom is 0.138 e. The molecule has 0 aromatic carbocycles. The summed E-state index contributed by atoms with van der Waals surface area (Å²) in [7, 11) is 0. The molecule has 120 valence electrons. The van der Waals surface area contributed by atoms with Crippen molar-refractivity contribution < 1.29 is 9.47 Å². The Morgan fingerprint density at radius 3 is 2.83 bits per heavy atom. The van der Waals surface area contributed by atoms with Crippen molar-refractivity contribution in [2.75, 3.05) is 19.7 Å². The van der Waals surface area contributed by atoms with Gasteiger partial charge in [-0.3, -0.25) is 14.9 Å². The number of ether oxygens (including phenoxy) is 2. The van der Waals surface area contributed by atoms with Crippen molar-refractivity contribution >= 4 is 0 Å². The summed E-state index contributed by atoms with van der Waals surface area (Å²) in [6, 6.07) is 8.01. The van der Waals surface area contributed by atoms with Crippen LogP contribution in [0.5, 0.6) is 5.75 Å². The number of rotatable bonds is 4. The van der Waals surface area contributed by atoms with E-state index in [-0.39, 0.29) is 11.7 Å². The predicted octanol–water partition coefficient (Wildman–Crippen LogP) is 2.29. The van der Waals surface area contributed by atoms with Crippen LogP contribution < -0.4 is 4.74 Å². The average Bonchev–Trinajstić information content (AvgIpc) is 2.56. The van der Waals surface area contributed by atoms with E-state index in [2.05, 4.69) is 27.0 Å². The van der Waals surface area contributed by atoms with E-state index in [0.29, 0.717) is 0 Å². The Bertz CT molecular complexity index is 629. The quantitative estimate of drug-likeness (QED) is 0.867. The molecule has 0 N–H and O–H groups in total. The summed E-state index contributed by atoms with van der Waals surface area (Å²) in [5.41, 5.74) is 1.27. The average molecular weight is 311 g/mol. The lowest BCUT2D eigenvalue weighted by molar-refractivity contribution is -0.188. The Balaban J connectivity index is 1.32. The second-order valence-corrected chi connectivity index (χ2v) is 6.45.